The highest BCUT2D eigenvalue weighted by Gasteiger charge is 2.26. The van der Waals surface area contributed by atoms with Crippen LogP contribution in [0.5, 0.6) is 0 Å². The average molecular weight is 452 g/mol. The lowest BCUT2D eigenvalue weighted by Crippen LogP contribution is -2.40. The number of morpholine rings is 1. The molecule has 0 aromatic heterocycles. The molecule has 2 aromatic carbocycles. The second kappa shape index (κ2) is 9.57. The number of nitrogens with one attached hydrogen (secondary N) is 2. The maximum atomic E-state index is 12.6. The van der Waals surface area contributed by atoms with E-state index in [1.807, 2.05) is 0 Å². The number of nitrogens with zero attached hydrogens (tertiary/aromatic N) is 1. The molecule has 2 aromatic rings. The predicted octanol–water partition coefficient (Wildman–Crippen LogP) is 1.92. The maximum Gasteiger partial charge on any atom is 0.313 e. The minimum absolute atomic E-state index is 0.0870. The fourth-order valence-corrected chi connectivity index (χ4v) is 4.56. The molecule has 1 heterocycles. The summed E-state index contributed by atoms with van der Waals surface area (Å²) in [6, 6.07) is 11.1. The van der Waals surface area contributed by atoms with Crippen molar-refractivity contribution in [3.8, 4) is 0 Å². The number of aryl methyl sites for hydroxylation is 1. The zero-order valence-electron chi connectivity index (χ0n) is 16.4. The van der Waals surface area contributed by atoms with Gasteiger partial charge in [0.2, 0.25) is 10.0 Å². The van der Waals surface area contributed by atoms with Crippen LogP contribution >= 0.6 is 11.6 Å². The molecular weight excluding hydrogens is 430 g/mol. The molecule has 0 spiro atoms. The summed E-state index contributed by atoms with van der Waals surface area (Å²) in [5, 5.41) is 5.59. The fraction of sp³-hybridized carbons (Fsp3) is 0.300. The fourth-order valence-electron chi connectivity index (χ4n) is 2.92. The van der Waals surface area contributed by atoms with Gasteiger partial charge in [-0.2, -0.15) is 4.31 Å². The molecule has 0 aliphatic carbocycles. The first-order chi connectivity index (χ1) is 14.3. The second-order valence-corrected chi connectivity index (χ2v) is 9.13. The Hall–Kier alpha value is -2.46. The molecule has 0 bridgehead atoms. The summed E-state index contributed by atoms with van der Waals surface area (Å²) < 4.78 is 31.8. The van der Waals surface area contributed by atoms with E-state index in [9.17, 15) is 18.0 Å². The number of sulfonamides is 1. The molecule has 0 unspecified atom stereocenters. The Bertz CT molecular complexity index is 1030. The number of carbonyl (C=O) groups excluding carboxylic acids is 2. The van der Waals surface area contributed by atoms with E-state index in [0.29, 0.717) is 42.6 Å². The number of amides is 2. The molecule has 160 valence electrons. The largest absolute Gasteiger partial charge is 0.379 e. The molecule has 30 heavy (non-hydrogen) atoms. The van der Waals surface area contributed by atoms with Crippen molar-refractivity contribution in [1.82, 2.24) is 9.62 Å². The number of benzene rings is 2. The van der Waals surface area contributed by atoms with Crippen molar-refractivity contribution >= 4 is 39.1 Å². The number of ether oxygens (including phenoxy) is 1. The minimum Gasteiger partial charge on any atom is -0.379 e. The van der Waals surface area contributed by atoms with Crippen LogP contribution in [0.1, 0.15) is 11.1 Å². The highest BCUT2D eigenvalue weighted by Crippen LogP contribution is 2.20. The topological polar surface area (TPSA) is 105 Å². The van der Waals surface area contributed by atoms with E-state index >= 15 is 0 Å². The van der Waals surface area contributed by atoms with Crippen molar-refractivity contribution < 1.29 is 22.7 Å². The summed E-state index contributed by atoms with van der Waals surface area (Å²) in [5.41, 5.74) is 1.90. The van der Waals surface area contributed by atoms with E-state index in [1.54, 1.807) is 37.3 Å². The number of hydrogen-bond donors (Lipinski definition) is 2. The van der Waals surface area contributed by atoms with Gasteiger partial charge in [0.05, 0.1) is 18.1 Å². The first-order valence-electron chi connectivity index (χ1n) is 9.29. The molecule has 1 aliphatic rings. The van der Waals surface area contributed by atoms with Gasteiger partial charge in [0.25, 0.3) is 0 Å². The summed E-state index contributed by atoms with van der Waals surface area (Å²) in [4.78, 5) is 24.3. The van der Waals surface area contributed by atoms with Crippen LogP contribution in [0.2, 0.25) is 5.02 Å². The summed E-state index contributed by atoms with van der Waals surface area (Å²) in [7, 11) is -3.57. The second-order valence-electron chi connectivity index (χ2n) is 6.76. The third kappa shape index (κ3) is 5.37. The average Bonchev–Trinajstić information content (AvgIpc) is 2.75. The minimum atomic E-state index is -3.57. The molecule has 0 atom stereocenters. The van der Waals surface area contributed by atoms with Crippen LogP contribution < -0.4 is 10.6 Å². The van der Waals surface area contributed by atoms with Gasteiger partial charge in [-0.25, -0.2) is 8.42 Å². The van der Waals surface area contributed by atoms with Gasteiger partial charge < -0.3 is 15.4 Å². The normalized spacial score (nSPS) is 14.9. The van der Waals surface area contributed by atoms with Crippen molar-refractivity contribution in [1.29, 1.82) is 0 Å². The maximum absolute atomic E-state index is 12.6. The zero-order valence-corrected chi connectivity index (χ0v) is 17.9. The summed E-state index contributed by atoms with van der Waals surface area (Å²) in [6.07, 6.45) is 0. The number of anilines is 1. The summed E-state index contributed by atoms with van der Waals surface area (Å²) in [5.74, 6) is -1.60. The van der Waals surface area contributed by atoms with Crippen molar-refractivity contribution in [3.63, 3.8) is 0 Å². The van der Waals surface area contributed by atoms with Crippen LogP contribution in [-0.4, -0.2) is 50.8 Å². The highest BCUT2D eigenvalue weighted by molar-refractivity contribution is 7.89. The third-order valence-electron chi connectivity index (χ3n) is 4.63. The smallest absolute Gasteiger partial charge is 0.313 e. The number of rotatable bonds is 5. The number of halogens is 1. The van der Waals surface area contributed by atoms with E-state index in [1.165, 1.54) is 16.4 Å². The zero-order chi connectivity index (χ0) is 21.7. The van der Waals surface area contributed by atoms with E-state index < -0.39 is 21.8 Å². The molecule has 1 saturated heterocycles. The first-order valence-corrected chi connectivity index (χ1v) is 11.1. The standard InChI is InChI=1S/C20H22ClN3O5S/c1-14-12-16(21)4-7-18(14)23-20(26)19(25)22-13-15-2-5-17(6-3-15)30(27,28)24-8-10-29-11-9-24/h2-7,12H,8-11,13H2,1H3,(H,22,25)(H,23,26). The van der Waals surface area contributed by atoms with Crippen LogP contribution in [-0.2, 0) is 30.9 Å². The molecule has 3 rings (SSSR count). The molecule has 1 fully saturated rings. The first kappa shape index (κ1) is 22.2. The monoisotopic (exact) mass is 451 g/mol. The van der Waals surface area contributed by atoms with Crippen molar-refractivity contribution in [2.45, 2.75) is 18.4 Å². The Morgan fingerprint density at radius 2 is 1.73 bits per heavy atom. The third-order valence-corrected chi connectivity index (χ3v) is 6.78. The van der Waals surface area contributed by atoms with Gasteiger partial charge in [-0.05, 0) is 48.4 Å². The van der Waals surface area contributed by atoms with Gasteiger partial charge in [0.1, 0.15) is 0 Å². The van der Waals surface area contributed by atoms with E-state index in [-0.39, 0.29) is 11.4 Å². The van der Waals surface area contributed by atoms with Gasteiger partial charge in [-0.3, -0.25) is 9.59 Å². The molecule has 8 nitrogen and oxygen atoms in total. The number of carbonyl (C=O) groups is 2. The number of hydrogen-bond acceptors (Lipinski definition) is 5. The summed E-state index contributed by atoms with van der Waals surface area (Å²) in [6.45, 7) is 3.25. The van der Waals surface area contributed by atoms with E-state index in [2.05, 4.69) is 10.6 Å². The van der Waals surface area contributed by atoms with Gasteiger partial charge >= 0.3 is 11.8 Å². The molecule has 2 N–H and O–H groups in total. The van der Waals surface area contributed by atoms with Crippen LogP contribution in [0.4, 0.5) is 5.69 Å². The van der Waals surface area contributed by atoms with Crippen molar-refractivity contribution in [2.24, 2.45) is 0 Å². The van der Waals surface area contributed by atoms with Crippen LogP contribution in [0.15, 0.2) is 47.4 Å². The van der Waals surface area contributed by atoms with Crippen LogP contribution in [0, 0.1) is 6.92 Å². The lowest BCUT2D eigenvalue weighted by Gasteiger charge is -2.26. The Morgan fingerprint density at radius 3 is 2.37 bits per heavy atom. The van der Waals surface area contributed by atoms with Gasteiger partial charge in [0.15, 0.2) is 0 Å². The van der Waals surface area contributed by atoms with Crippen molar-refractivity contribution in [2.75, 3.05) is 31.6 Å². The quantitative estimate of drug-likeness (QED) is 0.676. The molecule has 10 heteroatoms. The van der Waals surface area contributed by atoms with Crippen LogP contribution in [0.25, 0.3) is 0 Å². The van der Waals surface area contributed by atoms with Gasteiger partial charge in [-0.1, -0.05) is 23.7 Å². The molecule has 2 amide bonds. The Kier molecular flexibility index (Phi) is 7.09. The van der Waals surface area contributed by atoms with Gasteiger partial charge in [-0.15, -0.1) is 0 Å². The van der Waals surface area contributed by atoms with E-state index in [4.69, 9.17) is 16.3 Å². The van der Waals surface area contributed by atoms with Gasteiger partial charge in [0, 0.05) is 30.3 Å². The molecule has 1 aliphatic heterocycles. The SMILES string of the molecule is Cc1cc(Cl)ccc1NC(=O)C(=O)NCc1ccc(S(=O)(=O)N2CCOCC2)cc1. The molecule has 0 radical (unpaired) electrons. The lowest BCUT2D eigenvalue weighted by atomic mass is 10.2. The van der Waals surface area contributed by atoms with E-state index in [0.717, 1.165) is 5.56 Å². The highest BCUT2D eigenvalue weighted by atomic mass is 35.5. The Labute approximate surface area is 180 Å². The Balaban J connectivity index is 1.56. The predicted molar refractivity (Wildman–Crippen MR) is 113 cm³/mol. The lowest BCUT2D eigenvalue weighted by molar-refractivity contribution is -0.136. The van der Waals surface area contributed by atoms with Crippen LogP contribution in [0.3, 0.4) is 0 Å². The molecule has 0 saturated carbocycles. The summed E-state index contributed by atoms with van der Waals surface area (Å²) >= 11 is 5.88. The Morgan fingerprint density at radius 1 is 1.07 bits per heavy atom. The van der Waals surface area contributed by atoms with Crippen molar-refractivity contribution in [3.05, 3.63) is 58.6 Å². The molecular formula is C20H22ClN3O5S.